The fraction of sp³-hybridized carbons (Fsp3) is 0.786. The van der Waals surface area contributed by atoms with Gasteiger partial charge >= 0.3 is 0 Å². The smallest absolute Gasteiger partial charge is 0.131 e. The number of nitrogens with two attached hydrogens (primary N) is 1. The predicted octanol–water partition coefficient (Wildman–Crippen LogP) is 1.94. The molecule has 1 saturated heterocycles. The molecule has 0 bridgehead atoms. The molecule has 106 valence electrons. The van der Waals surface area contributed by atoms with Crippen molar-refractivity contribution < 1.29 is 0 Å². The average Bonchev–Trinajstić information content (AvgIpc) is 2.88. The first-order valence-corrected chi connectivity index (χ1v) is 7.60. The first kappa shape index (κ1) is 13.4. The van der Waals surface area contributed by atoms with Gasteiger partial charge < -0.3 is 5.73 Å². The summed E-state index contributed by atoms with van der Waals surface area (Å²) < 4.78 is 1.76. The van der Waals surface area contributed by atoms with E-state index in [0.717, 1.165) is 29.9 Å². The fourth-order valence-corrected chi connectivity index (χ4v) is 4.05. The molecule has 2 fully saturated rings. The van der Waals surface area contributed by atoms with Crippen LogP contribution in [0.15, 0.2) is 0 Å². The summed E-state index contributed by atoms with van der Waals surface area (Å²) in [4.78, 5) is 2.51. The standard InChI is InChI=1S/C14H23ClN4/c1-9-11(14(15)18(2)17-9)7-19-6-10-4-3-5-13(16)12(10)8-19/h10,12-13H,3-8,16H2,1-2H3. The Hall–Kier alpha value is -0.580. The third-order valence-corrected chi connectivity index (χ3v) is 5.35. The van der Waals surface area contributed by atoms with Crippen molar-refractivity contribution in [3.8, 4) is 0 Å². The lowest BCUT2D eigenvalue weighted by molar-refractivity contribution is 0.259. The van der Waals surface area contributed by atoms with Crippen molar-refractivity contribution in [1.29, 1.82) is 0 Å². The number of fused-ring (bicyclic) bond motifs is 1. The summed E-state index contributed by atoms with van der Waals surface area (Å²) in [5.74, 6) is 1.48. The Morgan fingerprint density at radius 1 is 1.37 bits per heavy atom. The monoisotopic (exact) mass is 282 g/mol. The van der Waals surface area contributed by atoms with Crippen LogP contribution in [-0.4, -0.2) is 33.8 Å². The third-order valence-electron chi connectivity index (χ3n) is 4.88. The van der Waals surface area contributed by atoms with Gasteiger partial charge in [0.15, 0.2) is 0 Å². The molecule has 4 nitrogen and oxygen atoms in total. The molecule has 0 spiro atoms. The highest BCUT2D eigenvalue weighted by atomic mass is 35.5. The van der Waals surface area contributed by atoms with Crippen molar-refractivity contribution in [2.75, 3.05) is 13.1 Å². The minimum absolute atomic E-state index is 0.397. The van der Waals surface area contributed by atoms with Crippen molar-refractivity contribution in [2.45, 2.75) is 38.8 Å². The van der Waals surface area contributed by atoms with Gasteiger partial charge in [-0.25, -0.2) is 0 Å². The van der Waals surface area contributed by atoms with E-state index in [-0.39, 0.29) is 0 Å². The summed E-state index contributed by atoms with van der Waals surface area (Å²) in [6.07, 6.45) is 3.83. The van der Waals surface area contributed by atoms with Gasteiger partial charge in [-0.05, 0) is 31.6 Å². The number of aromatic nitrogens is 2. The van der Waals surface area contributed by atoms with Gasteiger partial charge in [-0.3, -0.25) is 9.58 Å². The lowest BCUT2D eigenvalue weighted by Gasteiger charge is -2.29. The molecule has 19 heavy (non-hydrogen) atoms. The summed E-state index contributed by atoms with van der Waals surface area (Å²) in [5, 5.41) is 5.17. The molecular formula is C14H23ClN4. The number of likely N-dealkylation sites (tertiary alicyclic amines) is 1. The van der Waals surface area contributed by atoms with Crippen LogP contribution in [0, 0.1) is 18.8 Å². The number of halogens is 1. The molecular weight excluding hydrogens is 260 g/mol. The highest BCUT2D eigenvalue weighted by Gasteiger charge is 2.38. The van der Waals surface area contributed by atoms with Crippen molar-refractivity contribution in [2.24, 2.45) is 24.6 Å². The number of hydrogen-bond donors (Lipinski definition) is 1. The number of hydrogen-bond acceptors (Lipinski definition) is 3. The highest BCUT2D eigenvalue weighted by Crippen LogP contribution is 2.36. The fourth-order valence-electron chi connectivity index (χ4n) is 3.82. The van der Waals surface area contributed by atoms with E-state index in [1.165, 1.54) is 31.4 Å². The molecule has 3 rings (SSSR count). The number of nitrogens with zero attached hydrogens (tertiary/aromatic N) is 3. The molecule has 0 aromatic carbocycles. The first-order valence-electron chi connectivity index (χ1n) is 7.22. The van der Waals surface area contributed by atoms with Gasteiger partial charge in [-0.1, -0.05) is 18.0 Å². The maximum absolute atomic E-state index is 6.32. The molecule has 2 aliphatic rings. The predicted molar refractivity (Wildman–Crippen MR) is 77.0 cm³/mol. The van der Waals surface area contributed by atoms with Gasteiger partial charge in [-0.2, -0.15) is 5.10 Å². The van der Waals surface area contributed by atoms with Gasteiger partial charge in [0.1, 0.15) is 5.15 Å². The molecule has 2 N–H and O–H groups in total. The molecule has 1 aromatic rings. The average molecular weight is 283 g/mol. The normalized spacial score (nSPS) is 31.7. The minimum atomic E-state index is 0.397. The van der Waals surface area contributed by atoms with E-state index in [1.807, 2.05) is 14.0 Å². The Balaban J connectivity index is 1.71. The zero-order valence-corrected chi connectivity index (χ0v) is 12.5. The Labute approximate surface area is 119 Å². The Morgan fingerprint density at radius 2 is 2.16 bits per heavy atom. The van der Waals surface area contributed by atoms with Crippen molar-refractivity contribution in [3.05, 3.63) is 16.4 Å². The quantitative estimate of drug-likeness (QED) is 0.902. The van der Waals surface area contributed by atoms with E-state index >= 15 is 0 Å². The van der Waals surface area contributed by atoms with Gasteiger partial charge in [0, 0.05) is 38.3 Å². The van der Waals surface area contributed by atoms with E-state index < -0.39 is 0 Å². The SMILES string of the molecule is Cc1nn(C)c(Cl)c1CN1CC2CCCC(N)C2C1. The molecule has 2 heterocycles. The largest absolute Gasteiger partial charge is 0.327 e. The summed E-state index contributed by atoms with van der Waals surface area (Å²) in [7, 11) is 1.90. The van der Waals surface area contributed by atoms with Crippen LogP contribution < -0.4 is 5.73 Å². The summed E-state index contributed by atoms with van der Waals surface area (Å²) >= 11 is 6.32. The zero-order valence-electron chi connectivity index (χ0n) is 11.8. The van der Waals surface area contributed by atoms with Crippen LogP contribution >= 0.6 is 11.6 Å². The Morgan fingerprint density at radius 3 is 2.79 bits per heavy atom. The Kier molecular flexibility index (Phi) is 3.58. The summed E-state index contributed by atoms with van der Waals surface area (Å²) in [5.41, 5.74) is 8.50. The van der Waals surface area contributed by atoms with Crippen LogP contribution in [0.5, 0.6) is 0 Å². The van der Waals surface area contributed by atoms with Crippen LogP contribution in [0.1, 0.15) is 30.5 Å². The maximum atomic E-state index is 6.32. The van der Waals surface area contributed by atoms with E-state index in [9.17, 15) is 0 Å². The Bertz CT molecular complexity index is 470. The van der Waals surface area contributed by atoms with Gasteiger partial charge in [0.05, 0.1) is 5.69 Å². The van der Waals surface area contributed by atoms with Gasteiger partial charge in [0.2, 0.25) is 0 Å². The van der Waals surface area contributed by atoms with Crippen LogP contribution in [-0.2, 0) is 13.6 Å². The molecule has 3 atom stereocenters. The molecule has 0 radical (unpaired) electrons. The van der Waals surface area contributed by atoms with Crippen molar-refractivity contribution in [1.82, 2.24) is 14.7 Å². The number of aryl methyl sites for hydroxylation is 2. The third kappa shape index (κ3) is 2.41. The second-order valence-corrected chi connectivity index (χ2v) is 6.55. The van der Waals surface area contributed by atoms with E-state index in [0.29, 0.717) is 12.0 Å². The second kappa shape index (κ2) is 5.08. The molecule has 1 saturated carbocycles. The van der Waals surface area contributed by atoms with Crippen molar-refractivity contribution in [3.63, 3.8) is 0 Å². The molecule has 1 aliphatic carbocycles. The summed E-state index contributed by atoms with van der Waals surface area (Å²) in [6.45, 7) is 5.24. The molecule has 1 aliphatic heterocycles. The van der Waals surface area contributed by atoms with Crippen LogP contribution in [0.4, 0.5) is 0 Å². The van der Waals surface area contributed by atoms with Crippen LogP contribution in [0.2, 0.25) is 5.15 Å². The van der Waals surface area contributed by atoms with Gasteiger partial charge in [0.25, 0.3) is 0 Å². The van der Waals surface area contributed by atoms with Gasteiger partial charge in [-0.15, -0.1) is 0 Å². The highest BCUT2D eigenvalue weighted by molar-refractivity contribution is 6.30. The van der Waals surface area contributed by atoms with E-state index in [4.69, 9.17) is 17.3 Å². The van der Waals surface area contributed by atoms with E-state index in [1.54, 1.807) is 4.68 Å². The number of rotatable bonds is 2. The topological polar surface area (TPSA) is 47.1 Å². The van der Waals surface area contributed by atoms with Crippen LogP contribution in [0.25, 0.3) is 0 Å². The minimum Gasteiger partial charge on any atom is -0.327 e. The molecule has 1 aromatic heterocycles. The van der Waals surface area contributed by atoms with E-state index in [2.05, 4.69) is 10.00 Å². The lowest BCUT2D eigenvalue weighted by atomic mass is 9.78. The molecule has 5 heteroatoms. The second-order valence-electron chi connectivity index (χ2n) is 6.19. The zero-order chi connectivity index (χ0) is 13.6. The maximum Gasteiger partial charge on any atom is 0.131 e. The van der Waals surface area contributed by atoms with Crippen molar-refractivity contribution >= 4 is 11.6 Å². The molecule has 0 amide bonds. The molecule has 3 unspecified atom stereocenters. The summed E-state index contributed by atoms with van der Waals surface area (Å²) in [6, 6.07) is 0.397. The lowest BCUT2D eigenvalue weighted by Crippen LogP contribution is -2.38. The van der Waals surface area contributed by atoms with Crippen LogP contribution in [0.3, 0.4) is 0 Å². The first-order chi connectivity index (χ1) is 9.06.